The van der Waals surface area contributed by atoms with Crippen LogP contribution < -0.4 is 14.6 Å². The zero-order valence-electron chi connectivity index (χ0n) is 32.4. The fraction of sp³-hybridized carbons (Fsp3) is 0. The third kappa shape index (κ3) is 5.16. The molecule has 0 radical (unpaired) electrons. The van der Waals surface area contributed by atoms with E-state index >= 15 is 4.57 Å². The standard InChI is InChI=1S/C54H36N3O2P/c58-60(43-22-11-4-12-23-43)56(41-18-7-2-8-19-41)50-32-28-38(36-51(50)57(60)42-20-9-3-10-21-42)37-30-33-52-47(34-37)54-44(25-15-27-53(54)59-52)39-29-31-49-46(35-39)45-24-13-14-26-48(45)55(49)40-16-5-1-6-17-40/h1-36H. The Kier molecular flexibility index (Phi) is 7.75. The van der Waals surface area contributed by atoms with Crippen molar-refractivity contribution < 1.29 is 8.98 Å². The highest BCUT2D eigenvalue weighted by Gasteiger charge is 2.49. The third-order valence-electron chi connectivity index (χ3n) is 11.9. The maximum Gasteiger partial charge on any atom is 0.301 e. The number of hydrogen-bond donors (Lipinski definition) is 0. The summed E-state index contributed by atoms with van der Waals surface area (Å²) in [5.41, 5.74) is 13.0. The lowest BCUT2D eigenvalue weighted by Gasteiger charge is -2.33. The Morgan fingerprint density at radius 2 is 0.950 bits per heavy atom. The fourth-order valence-corrected chi connectivity index (χ4v) is 12.3. The molecular weight excluding hydrogens is 754 g/mol. The molecule has 5 nitrogen and oxygen atoms in total. The number of hydrogen-bond acceptors (Lipinski definition) is 2. The molecule has 0 spiro atoms. The van der Waals surface area contributed by atoms with Gasteiger partial charge in [-0.25, -0.2) is 0 Å². The first-order chi connectivity index (χ1) is 29.6. The van der Waals surface area contributed by atoms with Gasteiger partial charge in [0.2, 0.25) is 0 Å². The summed E-state index contributed by atoms with van der Waals surface area (Å²) >= 11 is 0. The summed E-state index contributed by atoms with van der Waals surface area (Å²) in [6, 6.07) is 75.4. The SMILES string of the molecule is O=P1(c2ccccc2)N(c2ccccc2)c2ccc(-c3ccc4oc5cccc(-c6ccc7c(c6)c6ccccc6n7-c6ccccc6)c5c4c3)cc2N1c1ccccc1. The van der Waals surface area contributed by atoms with Crippen LogP contribution in [0.4, 0.5) is 22.7 Å². The smallest absolute Gasteiger partial charge is 0.301 e. The van der Waals surface area contributed by atoms with E-state index in [1.165, 1.54) is 21.8 Å². The van der Waals surface area contributed by atoms with Gasteiger partial charge in [-0.15, -0.1) is 0 Å². The molecule has 6 heteroatoms. The Bertz CT molecular complexity index is 3470. The molecule has 3 heterocycles. The van der Waals surface area contributed by atoms with E-state index in [-0.39, 0.29) is 0 Å². The van der Waals surface area contributed by atoms with Crippen molar-refractivity contribution in [3.05, 3.63) is 218 Å². The van der Waals surface area contributed by atoms with Crippen LogP contribution in [-0.2, 0) is 4.57 Å². The molecule has 0 bridgehead atoms. The van der Waals surface area contributed by atoms with E-state index in [0.29, 0.717) is 0 Å². The maximum absolute atomic E-state index is 16.1. The highest BCUT2D eigenvalue weighted by Crippen LogP contribution is 2.70. The molecule has 284 valence electrons. The number of fused-ring (bicyclic) bond motifs is 7. The van der Waals surface area contributed by atoms with Crippen LogP contribution in [0.5, 0.6) is 0 Å². The second-order valence-corrected chi connectivity index (χ2v) is 17.7. The normalized spacial score (nSPS) is 15.1. The largest absolute Gasteiger partial charge is 0.456 e. The van der Waals surface area contributed by atoms with Crippen LogP contribution in [0.15, 0.2) is 223 Å². The quantitative estimate of drug-likeness (QED) is 0.157. The summed E-state index contributed by atoms with van der Waals surface area (Å²) in [4.78, 5) is 0. The summed E-state index contributed by atoms with van der Waals surface area (Å²) < 4.78 is 29.1. The number of nitrogens with zero attached hydrogens (tertiary/aromatic N) is 3. The first kappa shape index (κ1) is 34.5. The van der Waals surface area contributed by atoms with Gasteiger partial charge in [0.25, 0.3) is 0 Å². The van der Waals surface area contributed by atoms with Crippen LogP contribution in [0.25, 0.3) is 71.7 Å². The molecule has 1 atom stereocenters. The minimum atomic E-state index is -3.48. The van der Waals surface area contributed by atoms with Gasteiger partial charge in [0.15, 0.2) is 0 Å². The van der Waals surface area contributed by atoms with Crippen LogP contribution in [0.2, 0.25) is 0 Å². The molecule has 60 heavy (non-hydrogen) atoms. The molecular formula is C54H36N3O2P. The van der Waals surface area contributed by atoms with E-state index < -0.39 is 7.44 Å². The van der Waals surface area contributed by atoms with E-state index in [1.807, 2.05) is 95.7 Å². The molecule has 12 rings (SSSR count). The van der Waals surface area contributed by atoms with Gasteiger partial charge in [-0.3, -0.25) is 13.9 Å². The second-order valence-electron chi connectivity index (χ2n) is 15.3. The molecule has 11 aromatic rings. The Hall–Kier alpha value is -7.59. The minimum absolute atomic E-state index is 0.761. The van der Waals surface area contributed by atoms with Crippen LogP contribution in [-0.4, -0.2) is 4.57 Å². The van der Waals surface area contributed by atoms with Crippen LogP contribution in [0.1, 0.15) is 0 Å². The van der Waals surface area contributed by atoms with Gasteiger partial charge in [0.05, 0.1) is 27.7 Å². The topological polar surface area (TPSA) is 41.6 Å². The molecule has 1 aliphatic heterocycles. The van der Waals surface area contributed by atoms with Gasteiger partial charge < -0.3 is 8.98 Å². The predicted molar refractivity (Wildman–Crippen MR) is 250 cm³/mol. The van der Waals surface area contributed by atoms with Gasteiger partial charge in [-0.1, -0.05) is 121 Å². The van der Waals surface area contributed by atoms with Gasteiger partial charge in [-0.2, -0.15) is 0 Å². The molecule has 0 saturated carbocycles. The first-order valence-corrected chi connectivity index (χ1v) is 21.8. The van der Waals surface area contributed by atoms with E-state index in [4.69, 9.17) is 4.42 Å². The van der Waals surface area contributed by atoms with E-state index in [2.05, 4.69) is 137 Å². The molecule has 1 aliphatic rings. The summed E-state index contributed by atoms with van der Waals surface area (Å²) in [7, 11) is -3.48. The van der Waals surface area contributed by atoms with Crippen molar-refractivity contribution in [1.29, 1.82) is 0 Å². The molecule has 0 fully saturated rings. The van der Waals surface area contributed by atoms with Crippen molar-refractivity contribution in [3.63, 3.8) is 0 Å². The average Bonchev–Trinajstić information content (AvgIpc) is 3.95. The first-order valence-electron chi connectivity index (χ1n) is 20.2. The van der Waals surface area contributed by atoms with Crippen molar-refractivity contribution in [2.45, 2.75) is 0 Å². The van der Waals surface area contributed by atoms with Gasteiger partial charge in [-0.05, 0) is 119 Å². The molecule has 0 saturated heterocycles. The zero-order valence-corrected chi connectivity index (χ0v) is 33.3. The average molecular weight is 790 g/mol. The fourth-order valence-electron chi connectivity index (χ4n) is 9.26. The lowest BCUT2D eigenvalue weighted by Crippen LogP contribution is -2.26. The zero-order chi connectivity index (χ0) is 39.8. The summed E-state index contributed by atoms with van der Waals surface area (Å²) in [6.45, 7) is 0. The lowest BCUT2D eigenvalue weighted by molar-refractivity contribution is 0.582. The lowest BCUT2D eigenvalue weighted by atomic mass is 9.96. The molecule has 2 aromatic heterocycles. The van der Waals surface area contributed by atoms with Crippen molar-refractivity contribution in [3.8, 4) is 27.9 Å². The number of para-hydroxylation sites is 4. The Labute approximate surface area is 347 Å². The highest BCUT2D eigenvalue weighted by atomic mass is 31.2. The van der Waals surface area contributed by atoms with Gasteiger partial charge in [0, 0.05) is 38.6 Å². The van der Waals surface area contributed by atoms with E-state index in [9.17, 15) is 0 Å². The Morgan fingerprint density at radius 3 is 1.68 bits per heavy atom. The van der Waals surface area contributed by atoms with Crippen LogP contribution >= 0.6 is 7.44 Å². The van der Waals surface area contributed by atoms with Crippen molar-refractivity contribution in [2.75, 3.05) is 9.34 Å². The van der Waals surface area contributed by atoms with E-state index in [1.54, 1.807) is 0 Å². The number of rotatable bonds is 6. The Balaban J connectivity index is 1.03. The highest BCUT2D eigenvalue weighted by molar-refractivity contribution is 7.76. The summed E-state index contributed by atoms with van der Waals surface area (Å²) in [5, 5.41) is 5.31. The molecule has 0 aliphatic carbocycles. The Morgan fingerprint density at radius 1 is 0.383 bits per heavy atom. The van der Waals surface area contributed by atoms with Gasteiger partial charge in [0.1, 0.15) is 11.2 Å². The van der Waals surface area contributed by atoms with Crippen molar-refractivity contribution >= 4 is 79.2 Å². The summed E-state index contributed by atoms with van der Waals surface area (Å²) in [6.07, 6.45) is 0. The number of benzene rings is 9. The van der Waals surface area contributed by atoms with Crippen molar-refractivity contribution in [2.24, 2.45) is 0 Å². The molecule has 9 aromatic carbocycles. The van der Waals surface area contributed by atoms with Gasteiger partial charge >= 0.3 is 7.44 Å². The van der Waals surface area contributed by atoms with E-state index in [0.717, 1.165) is 77.9 Å². The minimum Gasteiger partial charge on any atom is -0.456 e. The number of aromatic nitrogens is 1. The molecule has 0 amide bonds. The predicted octanol–water partition coefficient (Wildman–Crippen LogP) is 14.8. The third-order valence-corrected chi connectivity index (χ3v) is 14.8. The summed E-state index contributed by atoms with van der Waals surface area (Å²) in [5.74, 6) is 0. The number of furan rings is 1. The maximum atomic E-state index is 16.1. The second kappa shape index (κ2) is 13.5. The molecule has 0 N–H and O–H groups in total. The van der Waals surface area contributed by atoms with Crippen molar-refractivity contribution in [1.82, 2.24) is 4.57 Å². The van der Waals surface area contributed by atoms with Crippen LogP contribution in [0.3, 0.4) is 0 Å². The molecule has 1 unspecified atom stereocenters. The number of anilines is 4. The monoisotopic (exact) mass is 789 g/mol. The van der Waals surface area contributed by atoms with Crippen LogP contribution in [0, 0.1) is 0 Å².